The second kappa shape index (κ2) is 8.48. The summed E-state index contributed by atoms with van der Waals surface area (Å²) in [4.78, 5) is 37.6. The Hall–Kier alpha value is -2.87. The number of benzene rings is 1. The average molecular weight is 373 g/mol. The van der Waals surface area contributed by atoms with E-state index in [-0.39, 0.29) is 17.9 Å². The lowest BCUT2D eigenvalue weighted by molar-refractivity contribution is -0.116. The number of hydrogen-bond acceptors (Lipinski definition) is 5. The van der Waals surface area contributed by atoms with Crippen LogP contribution in [0.3, 0.4) is 0 Å². The maximum absolute atomic E-state index is 12.1. The van der Waals surface area contributed by atoms with E-state index >= 15 is 0 Å². The van der Waals surface area contributed by atoms with Gasteiger partial charge in [-0.1, -0.05) is 12.1 Å². The molecule has 26 heavy (non-hydrogen) atoms. The highest BCUT2D eigenvalue weighted by Gasteiger charge is 2.23. The third kappa shape index (κ3) is 4.60. The molecule has 1 aliphatic heterocycles. The molecular formula is C18H19N3O4S. The van der Waals surface area contributed by atoms with Gasteiger partial charge < -0.3 is 15.4 Å². The molecule has 0 spiro atoms. The Morgan fingerprint density at radius 1 is 1.23 bits per heavy atom. The Labute approximate surface area is 155 Å². The van der Waals surface area contributed by atoms with Crippen molar-refractivity contribution in [2.75, 3.05) is 29.9 Å². The van der Waals surface area contributed by atoms with Crippen molar-refractivity contribution in [3.05, 3.63) is 46.7 Å². The third-order valence-electron chi connectivity index (χ3n) is 3.81. The Kier molecular flexibility index (Phi) is 5.85. The minimum Gasteiger partial charge on any atom is -0.447 e. The van der Waals surface area contributed by atoms with Crippen LogP contribution in [0.2, 0.25) is 0 Å². The topological polar surface area (TPSA) is 87.7 Å². The molecule has 1 aromatic carbocycles. The van der Waals surface area contributed by atoms with Gasteiger partial charge in [0, 0.05) is 24.3 Å². The third-order valence-corrected chi connectivity index (χ3v) is 4.68. The molecule has 136 valence electrons. The van der Waals surface area contributed by atoms with Gasteiger partial charge in [-0.3, -0.25) is 14.5 Å². The quantitative estimate of drug-likeness (QED) is 0.731. The number of carbonyl (C=O) groups is 3. The first-order chi connectivity index (χ1) is 12.6. The van der Waals surface area contributed by atoms with Gasteiger partial charge in [0.05, 0.1) is 11.4 Å². The first-order valence-electron chi connectivity index (χ1n) is 8.29. The van der Waals surface area contributed by atoms with Gasteiger partial charge in [0.1, 0.15) is 6.61 Å². The van der Waals surface area contributed by atoms with Crippen molar-refractivity contribution in [3.63, 3.8) is 0 Å². The smallest absolute Gasteiger partial charge is 0.414 e. The minimum atomic E-state index is -0.380. The number of rotatable bonds is 7. The first-order valence-corrected chi connectivity index (χ1v) is 9.17. The summed E-state index contributed by atoms with van der Waals surface area (Å²) < 4.78 is 4.92. The van der Waals surface area contributed by atoms with Crippen molar-refractivity contribution < 1.29 is 19.1 Å². The second-order valence-corrected chi connectivity index (χ2v) is 6.65. The molecule has 0 unspecified atom stereocenters. The predicted octanol–water partition coefficient (Wildman–Crippen LogP) is 2.85. The number of nitrogens with zero attached hydrogens (tertiary/aromatic N) is 1. The largest absolute Gasteiger partial charge is 0.447 e. The molecule has 2 aromatic rings. The summed E-state index contributed by atoms with van der Waals surface area (Å²) in [5, 5.41) is 7.44. The van der Waals surface area contributed by atoms with Crippen LogP contribution in [0.25, 0.3) is 0 Å². The van der Waals surface area contributed by atoms with Gasteiger partial charge in [-0.05, 0) is 36.1 Å². The summed E-state index contributed by atoms with van der Waals surface area (Å²) in [6, 6.07) is 10.7. The van der Waals surface area contributed by atoms with Crippen molar-refractivity contribution >= 4 is 40.6 Å². The number of thiophene rings is 1. The van der Waals surface area contributed by atoms with E-state index in [1.165, 1.54) is 16.2 Å². The van der Waals surface area contributed by atoms with Crippen LogP contribution in [0.1, 0.15) is 22.5 Å². The number of nitrogens with one attached hydrogen (secondary N) is 2. The van der Waals surface area contributed by atoms with E-state index in [1.807, 2.05) is 11.4 Å². The molecule has 0 bridgehead atoms. The molecule has 2 N–H and O–H groups in total. The van der Waals surface area contributed by atoms with Gasteiger partial charge in [0.25, 0.3) is 5.91 Å². The zero-order valence-corrected chi connectivity index (χ0v) is 14.9. The zero-order valence-electron chi connectivity index (χ0n) is 14.1. The molecule has 1 saturated heterocycles. The van der Waals surface area contributed by atoms with Crippen molar-refractivity contribution in [1.82, 2.24) is 5.32 Å². The normalized spacial score (nSPS) is 13.4. The van der Waals surface area contributed by atoms with Crippen molar-refractivity contribution in [2.24, 2.45) is 0 Å². The number of amides is 3. The van der Waals surface area contributed by atoms with Crippen molar-refractivity contribution in [2.45, 2.75) is 12.8 Å². The number of carbonyl (C=O) groups excluding carboxylic acids is 3. The van der Waals surface area contributed by atoms with E-state index < -0.39 is 0 Å². The highest BCUT2D eigenvalue weighted by molar-refractivity contribution is 7.12. The minimum absolute atomic E-state index is 0.120. The number of anilines is 2. The Morgan fingerprint density at radius 3 is 2.85 bits per heavy atom. The lowest BCUT2D eigenvalue weighted by Gasteiger charge is -2.14. The molecule has 1 fully saturated rings. The molecule has 3 amide bonds. The summed E-state index contributed by atoms with van der Waals surface area (Å²) >= 11 is 1.38. The summed E-state index contributed by atoms with van der Waals surface area (Å²) in [6.07, 6.45) is 0.455. The van der Waals surface area contributed by atoms with Gasteiger partial charge in [-0.25, -0.2) is 4.79 Å². The summed E-state index contributed by atoms with van der Waals surface area (Å²) in [5.74, 6) is -0.262. The van der Waals surface area contributed by atoms with Crippen LogP contribution in [0.4, 0.5) is 16.2 Å². The van der Waals surface area contributed by atoms with Gasteiger partial charge in [0.15, 0.2) is 0 Å². The Bertz CT molecular complexity index is 791. The van der Waals surface area contributed by atoms with Crippen LogP contribution in [0.15, 0.2) is 41.8 Å². The second-order valence-electron chi connectivity index (χ2n) is 5.70. The van der Waals surface area contributed by atoms with Gasteiger partial charge in [0.2, 0.25) is 5.91 Å². The molecule has 1 aromatic heterocycles. The molecule has 1 aliphatic rings. The predicted molar refractivity (Wildman–Crippen MR) is 99.7 cm³/mol. The fourth-order valence-electron chi connectivity index (χ4n) is 2.55. The summed E-state index contributed by atoms with van der Waals surface area (Å²) in [5.41, 5.74) is 1.31. The molecule has 0 atom stereocenters. The standard InChI is InChI=1S/C18H19N3O4S/c22-16(7-2-8-19-17(23)15-6-3-11-26-15)20-13-4-1-5-14(12-13)21-9-10-25-18(21)24/h1,3-6,11-12H,2,7-10H2,(H,19,23)(H,20,22). The van der Waals surface area contributed by atoms with E-state index in [0.29, 0.717) is 48.8 Å². The molecule has 0 aliphatic carbocycles. The molecule has 2 heterocycles. The molecule has 7 nitrogen and oxygen atoms in total. The SMILES string of the molecule is O=C(CCCNC(=O)c1cccs1)Nc1cccc(N2CCOC2=O)c1. The van der Waals surface area contributed by atoms with Crippen LogP contribution in [0.5, 0.6) is 0 Å². The lowest BCUT2D eigenvalue weighted by Crippen LogP contribution is -2.25. The summed E-state index contributed by atoms with van der Waals surface area (Å²) in [6.45, 7) is 1.30. The van der Waals surface area contributed by atoms with Gasteiger partial charge in [-0.2, -0.15) is 0 Å². The molecule has 3 rings (SSSR count). The highest BCUT2D eigenvalue weighted by atomic mass is 32.1. The van der Waals surface area contributed by atoms with Crippen LogP contribution < -0.4 is 15.5 Å². The average Bonchev–Trinajstić information content (AvgIpc) is 3.30. The molecule has 0 saturated carbocycles. The van der Waals surface area contributed by atoms with E-state index in [2.05, 4.69) is 10.6 Å². The fraction of sp³-hybridized carbons (Fsp3) is 0.278. The van der Waals surface area contributed by atoms with Gasteiger partial charge in [-0.15, -0.1) is 11.3 Å². The monoisotopic (exact) mass is 373 g/mol. The van der Waals surface area contributed by atoms with Crippen molar-refractivity contribution in [1.29, 1.82) is 0 Å². The molecular weight excluding hydrogens is 354 g/mol. The first kappa shape index (κ1) is 17.9. The van der Waals surface area contributed by atoms with Crippen LogP contribution in [-0.4, -0.2) is 37.6 Å². The number of hydrogen-bond donors (Lipinski definition) is 2. The lowest BCUT2D eigenvalue weighted by atomic mass is 10.2. The fourth-order valence-corrected chi connectivity index (χ4v) is 3.19. The van der Waals surface area contributed by atoms with Gasteiger partial charge >= 0.3 is 6.09 Å². The van der Waals surface area contributed by atoms with E-state index in [9.17, 15) is 14.4 Å². The van der Waals surface area contributed by atoms with E-state index in [4.69, 9.17) is 4.74 Å². The molecule has 8 heteroatoms. The zero-order chi connectivity index (χ0) is 18.4. The summed E-state index contributed by atoms with van der Waals surface area (Å²) in [7, 11) is 0. The number of cyclic esters (lactones) is 1. The van der Waals surface area contributed by atoms with Crippen LogP contribution in [-0.2, 0) is 9.53 Å². The van der Waals surface area contributed by atoms with E-state index in [1.54, 1.807) is 30.3 Å². The molecule has 0 radical (unpaired) electrons. The maximum Gasteiger partial charge on any atom is 0.414 e. The van der Waals surface area contributed by atoms with Crippen molar-refractivity contribution in [3.8, 4) is 0 Å². The van der Waals surface area contributed by atoms with E-state index in [0.717, 1.165) is 0 Å². The van der Waals surface area contributed by atoms with Crippen LogP contribution >= 0.6 is 11.3 Å². The Balaban J connectivity index is 1.43. The Morgan fingerprint density at radius 2 is 2.12 bits per heavy atom. The number of ether oxygens (including phenoxy) is 1. The van der Waals surface area contributed by atoms with Crippen LogP contribution in [0, 0.1) is 0 Å². The highest BCUT2D eigenvalue weighted by Crippen LogP contribution is 2.22. The maximum atomic E-state index is 12.1.